The van der Waals surface area contributed by atoms with Gasteiger partial charge in [0.25, 0.3) is 0 Å². The number of benzene rings is 1. The summed E-state index contributed by atoms with van der Waals surface area (Å²) in [5.74, 6) is -0.926. The lowest BCUT2D eigenvalue weighted by molar-refractivity contribution is 0.576. The normalized spacial score (nSPS) is 11.1. The van der Waals surface area contributed by atoms with Gasteiger partial charge in [-0.25, -0.2) is 4.39 Å². The molecule has 0 fully saturated rings. The molecule has 0 atom stereocenters. The van der Waals surface area contributed by atoms with Gasteiger partial charge >= 0.3 is 0 Å². The molecule has 0 aliphatic rings. The SMILES string of the molecule is Cc1c(F)n(S)c2cccc(F)c12. The van der Waals surface area contributed by atoms with E-state index in [1.54, 1.807) is 6.07 Å². The molecule has 1 aromatic carbocycles. The van der Waals surface area contributed by atoms with E-state index in [0.717, 1.165) is 3.97 Å². The van der Waals surface area contributed by atoms with E-state index in [1.807, 2.05) is 0 Å². The molecule has 1 nitrogen and oxygen atoms in total. The van der Waals surface area contributed by atoms with Crippen molar-refractivity contribution >= 4 is 23.7 Å². The summed E-state index contributed by atoms with van der Waals surface area (Å²) in [7, 11) is 0. The second-order valence-electron chi connectivity index (χ2n) is 2.86. The van der Waals surface area contributed by atoms with Crippen LogP contribution >= 0.6 is 12.8 Å². The standard InChI is InChI=1S/C9H7F2NS/c1-5-8-6(10)3-2-4-7(8)12(13)9(5)11/h2-4,13H,1H3. The summed E-state index contributed by atoms with van der Waals surface area (Å²) in [6.07, 6.45) is 0. The fourth-order valence-electron chi connectivity index (χ4n) is 1.43. The first kappa shape index (κ1) is 8.56. The van der Waals surface area contributed by atoms with Crippen molar-refractivity contribution in [2.24, 2.45) is 0 Å². The monoisotopic (exact) mass is 199 g/mol. The number of hydrogen-bond donors (Lipinski definition) is 1. The Kier molecular flexibility index (Phi) is 1.80. The zero-order valence-electron chi connectivity index (χ0n) is 6.88. The van der Waals surface area contributed by atoms with Crippen LogP contribution in [0.3, 0.4) is 0 Å². The van der Waals surface area contributed by atoms with E-state index < -0.39 is 11.8 Å². The molecule has 4 heteroatoms. The molecular formula is C9H7F2NS. The minimum absolute atomic E-state index is 0.295. The maximum Gasteiger partial charge on any atom is 0.207 e. The lowest BCUT2D eigenvalue weighted by Crippen LogP contribution is -1.83. The first-order chi connectivity index (χ1) is 6.13. The zero-order chi connectivity index (χ0) is 9.59. The van der Waals surface area contributed by atoms with E-state index >= 15 is 0 Å². The Balaban J connectivity index is 3.03. The summed E-state index contributed by atoms with van der Waals surface area (Å²) in [6, 6.07) is 4.47. The molecule has 2 aromatic rings. The van der Waals surface area contributed by atoms with E-state index in [0.29, 0.717) is 16.5 Å². The average molecular weight is 199 g/mol. The van der Waals surface area contributed by atoms with E-state index in [-0.39, 0.29) is 0 Å². The number of halogens is 2. The molecule has 1 aromatic heterocycles. The van der Waals surface area contributed by atoms with Gasteiger partial charge in [-0.2, -0.15) is 4.39 Å². The van der Waals surface area contributed by atoms with Gasteiger partial charge in [-0.05, 0) is 19.1 Å². The van der Waals surface area contributed by atoms with Crippen LogP contribution < -0.4 is 0 Å². The van der Waals surface area contributed by atoms with Crippen molar-refractivity contribution in [1.29, 1.82) is 0 Å². The molecule has 0 aliphatic heterocycles. The molecule has 0 amide bonds. The largest absolute Gasteiger partial charge is 0.262 e. The molecule has 0 saturated carbocycles. The van der Waals surface area contributed by atoms with Crippen LogP contribution in [0.25, 0.3) is 10.9 Å². The molecular weight excluding hydrogens is 192 g/mol. The lowest BCUT2D eigenvalue weighted by atomic mass is 10.2. The fourth-order valence-corrected chi connectivity index (χ4v) is 1.74. The predicted molar refractivity (Wildman–Crippen MR) is 51.0 cm³/mol. The Bertz CT molecular complexity index is 476. The minimum Gasteiger partial charge on any atom is -0.262 e. The van der Waals surface area contributed by atoms with E-state index in [2.05, 4.69) is 12.8 Å². The summed E-state index contributed by atoms with van der Waals surface area (Å²) in [5.41, 5.74) is 0.751. The maximum atomic E-state index is 13.2. The molecule has 0 radical (unpaired) electrons. The van der Waals surface area contributed by atoms with Crippen molar-refractivity contribution in [1.82, 2.24) is 3.97 Å². The highest BCUT2D eigenvalue weighted by molar-refractivity contribution is 7.78. The van der Waals surface area contributed by atoms with Crippen LogP contribution in [-0.2, 0) is 0 Å². The van der Waals surface area contributed by atoms with Gasteiger partial charge in [0, 0.05) is 10.9 Å². The topological polar surface area (TPSA) is 4.93 Å². The van der Waals surface area contributed by atoms with Crippen LogP contribution in [0.4, 0.5) is 8.78 Å². The van der Waals surface area contributed by atoms with Crippen molar-refractivity contribution in [2.45, 2.75) is 6.92 Å². The molecule has 2 rings (SSSR count). The molecule has 0 N–H and O–H groups in total. The highest BCUT2D eigenvalue weighted by Crippen LogP contribution is 2.27. The molecule has 0 aliphatic carbocycles. The lowest BCUT2D eigenvalue weighted by Gasteiger charge is -1.94. The van der Waals surface area contributed by atoms with Gasteiger partial charge in [0.15, 0.2) is 0 Å². The van der Waals surface area contributed by atoms with Gasteiger partial charge in [0.2, 0.25) is 5.95 Å². The summed E-state index contributed by atoms with van der Waals surface area (Å²) < 4.78 is 27.5. The third-order valence-corrected chi connectivity index (χ3v) is 2.48. The Labute approximate surface area is 79.5 Å². The highest BCUT2D eigenvalue weighted by Gasteiger charge is 2.14. The Morgan fingerprint density at radius 1 is 1.31 bits per heavy atom. The smallest absolute Gasteiger partial charge is 0.207 e. The van der Waals surface area contributed by atoms with Crippen LogP contribution in [0.1, 0.15) is 5.56 Å². The molecule has 1 heterocycles. The zero-order valence-corrected chi connectivity index (χ0v) is 7.78. The second kappa shape index (κ2) is 2.73. The van der Waals surface area contributed by atoms with Crippen LogP contribution in [0.5, 0.6) is 0 Å². The van der Waals surface area contributed by atoms with Crippen molar-refractivity contribution in [3.8, 4) is 0 Å². The highest BCUT2D eigenvalue weighted by atomic mass is 32.1. The van der Waals surface area contributed by atoms with Gasteiger partial charge < -0.3 is 0 Å². The molecule has 68 valence electrons. The van der Waals surface area contributed by atoms with Gasteiger partial charge in [0.1, 0.15) is 5.82 Å². The van der Waals surface area contributed by atoms with Crippen molar-refractivity contribution < 1.29 is 8.78 Å². The summed E-state index contributed by atoms with van der Waals surface area (Å²) >= 11 is 3.91. The fraction of sp³-hybridized carbons (Fsp3) is 0.111. The quantitative estimate of drug-likeness (QED) is 0.622. The Hall–Kier alpha value is -1.03. The van der Waals surface area contributed by atoms with Crippen molar-refractivity contribution in [2.75, 3.05) is 0 Å². The van der Waals surface area contributed by atoms with E-state index in [9.17, 15) is 8.78 Å². The second-order valence-corrected chi connectivity index (χ2v) is 3.26. The van der Waals surface area contributed by atoms with Crippen LogP contribution in [0, 0.1) is 18.7 Å². The minimum atomic E-state index is -0.511. The van der Waals surface area contributed by atoms with Gasteiger partial charge in [-0.15, -0.1) is 0 Å². The molecule has 0 unspecified atom stereocenters. The Morgan fingerprint density at radius 2 is 2.00 bits per heavy atom. The molecule has 13 heavy (non-hydrogen) atoms. The van der Waals surface area contributed by atoms with E-state index in [1.165, 1.54) is 19.1 Å². The maximum absolute atomic E-state index is 13.2. The number of aromatic nitrogens is 1. The first-order valence-electron chi connectivity index (χ1n) is 3.77. The van der Waals surface area contributed by atoms with Gasteiger partial charge in [-0.1, -0.05) is 18.9 Å². The molecule has 0 bridgehead atoms. The number of aryl methyl sites for hydroxylation is 1. The number of thiol groups is 1. The number of nitrogens with zero attached hydrogens (tertiary/aromatic N) is 1. The third-order valence-electron chi connectivity index (χ3n) is 2.09. The third kappa shape index (κ3) is 1.05. The van der Waals surface area contributed by atoms with Crippen LogP contribution in [0.2, 0.25) is 0 Å². The van der Waals surface area contributed by atoms with Gasteiger partial charge in [0.05, 0.1) is 5.52 Å². The van der Waals surface area contributed by atoms with E-state index in [4.69, 9.17) is 0 Å². The Morgan fingerprint density at radius 3 is 2.62 bits per heavy atom. The number of hydrogen-bond acceptors (Lipinski definition) is 1. The molecule has 0 saturated heterocycles. The molecule has 0 spiro atoms. The van der Waals surface area contributed by atoms with Gasteiger partial charge in [-0.3, -0.25) is 3.97 Å². The van der Waals surface area contributed by atoms with Crippen LogP contribution in [-0.4, -0.2) is 3.97 Å². The average Bonchev–Trinajstić information content (AvgIpc) is 2.33. The predicted octanol–water partition coefficient (Wildman–Crippen LogP) is 2.92. The van der Waals surface area contributed by atoms with Crippen molar-refractivity contribution in [3.63, 3.8) is 0 Å². The summed E-state index contributed by atoms with van der Waals surface area (Å²) in [4.78, 5) is 0. The summed E-state index contributed by atoms with van der Waals surface area (Å²) in [6.45, 7) is 1.54. The number of rotatable bonds is 0. The first-order valence-corrected chi connectivity index (χ1v) is 4.17. The number of fused-ring (bicyclic) bond motifs is 1. The van der Waals surface area contributed by atoms with Crippen LogP contribution in [0.15, 0.2) is 18.2 Å². The summed E-state index contributed by atoms with van der Waals surface area (Å²) in [5, 5.41) is 0.301. The van der Waals surface area contributed by atoms with Crippen molar-refractivity contribution in [3.05, 3.63) is 35.5 Å².